The maximum atomic E-state index is 2.36. The van der Waals surface area contributed by atoms with Crippen molar-refractivity contribution in [1.29, 1.82) is 0 Å². The molecule has 0 aliphatic heterocycles. The first kappa shape index (κ1) is 18.6. The summed E-state index contributed by atoms with van der Waals surface area (Å²) in [4.78, 5) is 0. The Bertz CT molecular complexity index is 1270. The Morgan fingerprint density at radius 1 is 0.333 bits per heavy atom. The lowest BCUT2D eigenvalue weighted by molar-refractivity contribution is 1.41. The molecule has 0 amide bonds. The van der Waals surface area contributed by atoms with Gasteiger partial charge in [0.2, 0.25) is 0 Å². The molecular formula is C30H26. The van der Waals surface area contributed by atoms with Crippen LogP contribution in [0.5, 0.6) is 0 Å². The highest BCUT2D eigenvalue weighted by molar-refractivity contribution is 6.12. The maximum absolute atomic E-state index is 2.36. The monoisotopic (exact) mass is 386 g/mol. The highest BCUT2D eigenvalue weighted by atomic mass is 14.2. The van der Waals surface area contributed by atoms with E-state index in [2.05, 4.69) is 113 Å². The van der Waals surface area contributed by atoms with Gasteiger partial charge in [-0.25, -0.2) is 0 Å². The fraction of sp³-hybridized carbons (Fsp3) is 0.133. The number of fused-ring (bicyclic) bond motifs is 3. The van der Waals surface area contributed by atoms with Crippen molar-refractivity contribution in [3.8, 4) is 22.3 Å². The van der Waals surface area contributed by atoms with Crippen molar-refractivity contribution in [2.45, 2.75) is 27.7 Å². The molecule has 0 heterocycles. The molecule has 0 aromatic heterocycles. The number of aryl methyl sites for hydroxylation is 4. The predicted molar refractivity (Wildman–Crippen MR) is 131 cm³/mol. The van der Waals surface area contributed by atoms with Crippen LogP contribution in [0.2, 0.25) is 0 Å². The van der Waals surface area contributed by atoms with Crippen LogP contribution in [0.3, 0.4) is 0 Å². The maximum Gasteiger partial charge on any atom is -0.0102 e. The van der Waals surface area contributed by atoms with Gasteiger partial charge in [-0.1, -0.05) is 83.9 Å². The third-order valence-electron chi connectivity index (χ3n) is 6.47. The minimum Gasteiger partial charge on any atom is -0.0587 e. The molecule has 0 radical (unpaired) electrons. The molecule has 30 heavy (non-hydrogen) atoms. The minimum atomic E-state index is 1.27. The smallest absolute Gasteiger partial charge is 0.0102 e. The predicted octanol–water partition coefficient (Wildman–Crippen LogP) is 8.56. The zero-order chi connectivity index (χ0) is 20.8. The van der Waals surface area contributed by atoms with Crippen molar-refractivity contribution in [3.63, 3.8) is 0 Å². The molecule has 0 heteroatoms. The summed E-state index contributed by atoms with van der Waals surface area (Å²) in [6.45, 7) is 8.78. The first-order chi connectivity index (χ1) is 14.5. The Balaban J connectivity index is 1.71. The second kappa shape index (κ2) is 7.15. The third kappa shape index (κ3) is 3.09. The van der Waals surface area contributed by atoms with E-state index in [0.717, 1.165) is 0 Å². The zero-order valence-corrected chi connectivity index (χ0v) is 18.1. The molecule has 0 fully saturated rings. The molecular weight excluding hydrogens is 360 g/mol. The first-order valence-corrected chi connectivity index (χ1v) is 10.6. The molecule has 5 aromatic rings. The number of hydrogen-bond donors (Lipinski definition) is 0. The molecule has 5 rings (SSSR count). The van der Waals surface area contributed by atoms with Gasteiger partial charge in [-0.15, -0.1) is 0 Å². The summed E-state index contributed by atoms with van der Waals surface area (Å²) in [6, 6.07) is 31.4. The van der Waals surface area contributed by atoms with E-state index >= 15 is 0 Å². The molecule has 0 aliphatic rings. The summed E-state index contributed by atoms with van der Waals surface area (Å²) in [5.74, 6) is 0. The molecule has 0 atom stereocenters. The van der Waals surface area contributed by atoms with Gasteiger partial charge in [-0.05, 0) is 94.8 Å². The van der Waals surface area contributed by atoms with E-state index in [1.165, 1.54) is 66.1 Å². The van der Waals surface area contributed by atoms with Gasteiger partial charge in [0.25, 0.3) is 0 Å². The Morgan fingerprint density at radius 2 is 0.667 bits per heavy atom. The van der Waals surface area contributed by atoms with Gasteiger partial charge >= 0.3 is 0 Å². The quantitative estimate of drug-likeness (QED) is 0.267. The van der Waals surface area contributed by atoms with E-state index < -0.39 is 0 Å². The topological polar surface area (TPSA) is 0 Å². The van der Waals surface area contributed by atoms with Crippen molar-refractivity contribution in [2.24, 2.45) is 0 Å². The number of hydrogen-bond acceptors (Lipinski definition) is 0. The van der Waals surface area contributed by atoms with E-state index in [9.17, 15) is 0 Å². The molecule has 0 saturated carbocycles. The van der Waals surface area contributed by atoms with Crippen LogP contribution in [0.15, 0.2) is 84.9 Å². The van der Waals surface area contributed by atoms with E-state index in [4.69, 9.17) is 0 Å². The normalized spacial score (nSPS) is 11.3. The van der Waals surface area contributed by atoms with Crippen LogP contribution in [-0.2, 0) is 0 Å². The fourth-order valence-electron chi connectivity index (χ4n) is 4.43. The SMILES string of the molecule is Cc1ccc(-c2ccc3c(c2)c(C)c(C)c2cc(-c4ccc(C)cc4)ccc23)cc1. The van der Waals surface area contributed by atoms with E-state index in [1.807, 2.05) is 0 Å². The molecule has 0 bridgehead atoms. The van der Waals surface area contributed by atoms with Crippen LogP contribution in [0.25, 0.3) is 43.8 Å². The molecule has 0 unspecified atom stereocenters. The van der Waals surface area contributed by atoms with Crippen LogP contribution in [0, 0.1) is 27.7 Å². The summed E-state index contributed by atoms with van der Waals surface area (Å²) in [7, 11) is 0. The Hall–Kier alpha value is -3.38. The molecule has 0 nitrogen and oxygen atoms in total. The van der Waals surface area contributed by atoms with Crippen LogP contribution in [0.4, 0.5) is 0 Å². The zero-order valence-electron chi connectivity index (χ0n) is 18.1. The number of rotatable bonds is 2. The van der Waals surface area contributed by atoms with Crippen LogP contribution < -0.4 is 0 Å². The van der Waals surface area contributed by atoms with Crippen molar-refractivity contribution in [2.75, 3.05) is 0 Å². The van der Waals surface area contributed by atoms with Gasteiger partial charge in [0.1, 0.15) is 0 Å². The van der Waals surface area contributed by atoms with Crippen LogP contribution >= 0.6 is 0 Å². The molecule has 5 aromatic carbocycles. The average Bonchev–Trinajstić information content (AvgIpc) is 2.78. The molecule has 0 spiro atoms. The molecule has 0 saturated heterocycles. The largest absolute Gasteiger partial charge is 0.0587 e. The van der Waals surface area contributed by atoms with Crippen molar-refractivity contribution >= 4 is 21.5 Å². The van der Waals surface area contributed by atoms with Crippen molar-refractivity contribution in [1.82, 2.24) is 0 Å². The molecule has 0 aliphatic carbocycles. The van der Waals surface area contributed by atoms with E-state index in [-0.39, 0.29) is 0 Å². The lowest BCUT2D eigenvalue weighted by Crippen LogP contribution is -1.91. The second-order valence-electron chi connectivity index (χ2n) is 8.50. The minimum absolute atomic E-state index is 1.27. The highest BCUT2D eigenvalue weighted by Gasteiger charge is 2.11. The van der Waals surface area contributed by atoms with Gasteiger partial charge in [-0.3, -0.25) is 0 Å². The van der Waals surface area contributed by atoms with Crippen LogP contribution in [0.1, 0.15) is 22.3 Å². The van der Waals surface area contributed by atoms with Gasteiger partial charge in [0.05, 0.1) is 0 Å². The molecule has 0 N–H and O–H groups in total. The fourth-order valence-corrected chi connectivity index (χ4v) is 4.43. The average molecular weight is 387 g/mol. The van der Waals surface area contributed by atoms with Gasteiger partial charge in [-0.2, -0.15) is 0 Å². The first-order valence-electron chi connectivity index (χ1n) is 10.6. The second-order valence-corrected chi connectivity index (χ2v) is 8.50. The highest BCUT2D eigenvalue weighted by Crippen LogP contribution is 2.36. The summed E-state index contributed by atoms with van der Waals surface area (Å²) < 4.78 is 0. The summed E-state index contributed by atoms with van der Waals surface area (Å²) in [6.07, 6.45) is 0. The van der Waals surface area contributed by atoms with Crippen LogP contribution in [-0.4, -0.2) is 0 Å². The standard InChI is InChI=1S/C30H26/c1-19-5-9-23(10-6-19)25-13-15-27-28-16-14-26(24-11-7-20(2)8-12-24)18-30(28)22(4)21(3)29(27)17-25/h5-18H,1-4H3. The Kier molecular flexibility index (Phi) is 4.44. The Morgan fingerprint density at radius 3 is 1.03 bits per heavy atom. The van der Waals surface area contributed by atoms with Gasteiger partial charge in [0, 0.05) is 0 Å². The molecule has 146 valence electrons. The third-order valence-corrected chi connectivity index (χ3v) is 6.47. The Labute approximate surface area is 178 Å². The summed E-state index contributed by atoms with van der Waals surface area (Å²) in [5, 5.41) is 5.36. The lowest BCUT2D eigenvalue weighted by atomic mass is 9.89. The van der Waals surface area contributed by atoms with E-state index in [1.54, 1.807) is 0 Å². The lowest BCUT2D eigenvalue weighted by Gasteiger charge is -2.15. The summed E-state index contributed by atoms with van der Waals surface area (Å²) >= 11 is 0. The summed E-state index contributed by atoms with van der Waals surface area (Å²) in [5.41, 5.74) is 10.4. The van der Waals surface area contributed by atoms with E-state index in [0.29, 0.717) is 0 Å². The van der Waals surface area contributed by atoms with Gasteiger partial charge < -0.3 is 0 Å². The van der Waals surface area contributed by atoms with Crippen molar-refractivity contribution in [3.05, 3.63) is 107 Å². The van der Waals surface area contributed by atoms with Crippen molar-refractivity contribution < 1.29 is 0 Å². The number of benzene rings is 5. The van der Waals surface area contributed by atoms with Gasteiger partial charge in [0.15, 0.2) is 0 Å².